The van der Waals surface area contributed by atoms with Gasteiger partial charge in [-0.2, -0.15) is 0 Å². The predicted molar refractivity (Wildman–Crippen MR) is 176 cm³/mol. The summed E-state index contributed by atoms with van der Waals surface area (Å²) in [6, 6.07) is 12.7. The minimum atomic E-state index is -0.406. The van der Waals surface area contributed by atoms with E-state index in [1.807, 2.05) is 59.8 Å². The molecule has 5 aromatic rings. The Morgan fingerprint density at radius 2 is 1.85 bits per heavy atom. The van der Waals surface area contributed by atoms with Crippen molar-refractivity contribution < 1.29 is 23.6 Å². The predicted octanol–water partition coefficient (Wildman–Crippen LogP) is 5.20. The highest BCUT2D eigenvalue weighted by molar-refractivity contribution is 5.86. The van der Waals surface area contributed by atoms with Crippen LogP contribution >= 0.6 is 0 Å². The molecule has 3 aromatic heterocycles. The molecule has 0 radical (unpaired) electrons. The van der Waals surface area contributed by atoms with E-state index in [1.165, 1.54) is 13.2 Å². The number of nitro benzene ring substituents is 1. The lowest BCUT2D eigenvalue weighted by molar-refractivity contribution is -0.384. The molecule has 0 atom stereocenters. The first-order valence-corrected chi connectivity index (χ1v) is 14.6. The molecule has 46 heavy (non-hydrogen) atoms. The van der Waals surface area contributed by atoms with Crippen molar-refractivity contribution in [3.8, 4) is 28.4 Å². The number of hydrogen-bond donors (Lipinski definition) is 1. The molecule has 242 valence electrons. The summed E-state index contributed by atoms with van der Waals surface area (Å²) in [5, 5.41) is 16.3. The van der Waals surface area contributed by atoms with Crippen molar-refractivity contribution in [1.82, 2.24) is 24.4 Å². The molecular formula is C32H38N8O6. The van der Waals surface area contributed by atoms with E-state index in [4.69, 9.17) is 28.6 Å². The number of likely N-dealkylation sites (N-methyl/N-ethyl adjacent to an activating group) is 2. The van der Waals surface area contributed by atoms with Crippen LogP contribution in [0.15, 0.2) is 59.3 Å². The lowest BCUT2D eigenvalue weighted by Gasteiger charge is -2.22. The van der Waals surface area contributed by atoms with Crippen LogP contribution in [-0.4, -0.2) is 91.5 Å². The maximum Gasteiger partial charge on any atom is 0.294 e. The highest BCUT2D eigenvalue weighted by Crippen LogP contribution is 2.39. The Hall–Kier alpha value is -5.05. The first kappa shape index (κ1) is 32.3. The van der Waals surface area contributed by atoms with Gasteiger partial charge in [-0.25, -0.2) is 15.0 Å². The average Bonchev–Trinajstić information content (AvgIpc) is 3.67. The average molecular weight is 631 g/mol. The largest absolute Gasteiger partial charge is 0.494 e. The lowest BCUT2D eigenvalue weighted by atomic mass is 10.1. The van der Waals surface area contributed by atoms with Crippen LogP contribution in [-0.2, 0) is 22.6 Å². The molecule has 0 unspecified atom stereocenters. The summed E-state index contributed by atoms with van der Waals surface area (Å²) in [6.07, 6.45) is 3.81. The van der Waals surface area contributed by atoms with E-state index in [2.05, 4.69) is 10.3 Å². The number of benzene rings is 2. The van der Waals surface area contributed by atoms with Gasteiger partial charge >= 0.3 is 0 Å². The third-order valence-corrected chi connectivity index (χ3v) is 7.50. The van der Waals surface area contributed by atoms with Crippen molar-refractivity contribution in [3.63, 3.8) is 0 Å². The van der Waals surface area contributed by atoms with Gasteiger partial charge in [-0.1, -0.05) is 12.1 Å². The Balaban J connectivity index is 1.58. The summed E-state index contributed by atoms with van der Waals surface area (Å²) in [5.41, 5.74) is 4.25. The number of ether oxygens (including phenoxy) is 3. The fraction of sp³-hybridized carbons (Fsp3) is 0.344. The standard InChI is InChI=1S/C32H38N8O6/c1-37(2)13-14-38(3)25-19-28(45-6)24(18-26(25)40(41)42)35-32-33-12-9-23(34-32)31-30(22-8-7-21-10-16-46-27(21)17-22)36-29(11-15-43-4)39(31)20-44-5/h7-10,12,16-19H,11,13-15,20H2,1-6H3,(H,33,34,35). The molecule has 0 saturated heterocycles. The van der Waals surface area contributed by atoms with Crippen LogP contribution in [0.4, 0.5) is 23.0 Å². The van der Waals surface area contributed by atoms with Crippen molar-refractivity contribution in [3.05, 3.63) is 70.9 Å². The molecule has 0 spiro atoms. The van der Waals surface area contributed by atoms with Gasteiger partial charge in [0.05, 0.1) is 47.7 Å². The van der Waals surface area contributed by atoms with Crippen molar-refractivity contribution in [2.45, 2.75) is 13.2 Å². The van der Waals surface area contributed by atoms with Crippen molar-refractivity contribution in [1.29, 1.82) is 0 Å². The summed E-state index contributed by atoms with van der Waals surface area (Å²) < 4.78 is 24.2. The van der Waals surface area contributed by atoms with Gasteiger partial charge in [0.1, 0.15) is 29.6 Å². The Kier molecular flexibility index (Phi) is 10.1. The number of imidazole rings is 1. The van der Waals surface area contributed by atoms with Crippen LogP contribution in [0.2, 0.25) is 0 Å². The van der Waals surface area contributed by atoms with Crippen molar-refractivity contribution in [2.24, 2.45) is 0 Å². The minimum Gasteiger partial charge on any atom is -0.494 e. The molecule has 0 fully saturated rings. The molecule has 3 heterocycles. The second kappa shape index (κ2) is 14.4. The highest BCUT2D eigenvalue weighted by Gasteiger charge is 2.24. The summed E-state index contributed by atoms with van der Waals surface area (Å²) in [4.78, 5) is 29.9. The normalized spacial score (nSPS) is 11.4. The number of anilines is 3. The number of methoxy groups -OCH3 is 3. The van der Waals surface area contributed by atoms with E-state index in [1.54, 1.807) is 38.8 Å². The van der Waals surface area contributed by atoms with Crippen LogP contribution in [0.3, 0.4) is 0 Å². The molecule has 2 aromatic carbocycles. The third-order valence-electron chi connectivity index (χ3n) is 7.50. The van der Waals surface area contributed by atoms with Gasteiger partial charge in [-0.05, 0) is 32.3 Å². The van der Waals surface area contributed by atoms with E-state index < -0.39 is 4.92 Å². The molecule has 0 aliphatic heterocycles. The first-order chi connectivity index (χ1) is 22.2. The summed E-state index contributed by atoms with van der Waals surface area (Å²) in [6.45, 7) is 2.00. The highest BCUT2D eigenvalue weighted by atomic mass is 16.6. The Labute approximate surface area is 266 Å². The van der Waals surface area contributed by atoms with E-state index >= 15 is 0 Å². The number of fused-ring (bicyclic) bond motifs is 1. The Bertz CT molecular complexity index is 1820. The number of hydrogen-bond acceptors (Lipinski definition) is 12. The molecular weight excluding hydrogens is 592 g/mol. The zero-order chi connectivity index (χ0) is 32.8. The molecule has 14 heteroatoms. The zero-order valence-corrected chi connectivity index (χ0v) is 26.8. The van der Waals surface area contributed by atoms with Gasteiger partial charge in [0.25, 0.3) is 5.69 Å². The van der Waals surface area contributed by atoms with Crippen LogP contribution in [0.1, 0.15) is 5.82 Å². The molecule has 5 rings (SSSR count). The summed E-state index contributed by atoms with van der Waals surface area (Å²) in [5.74, 6) is 1.38. The third kappa shape index (κ3) is 6.93. The zero-order valence-electron chi connectivity index (χ0n) is 26.8. The maximum absolute atomic E-state index is 12.2. The van der Waals surface area contributed by atoms with Crippen LogP contribution < -0.4 is 15.0 Å². The number of nitrogens with one attached hydrogen (secondary N) is 1. The SMILES string of the molecule is COCCc1nc(-c2ccc3ccoc3c2)c(-c2ccnc(Nc3cc([N+](=O)[O-])c(N(C)CCN(C)C)cc3OC)n2)n1COC. The number of nitrogens with zero attached hydrogens (tertiary/aromatic N) is 7. The number of aromatic nitrogens is 4. The second-order valence-electron chi connectivity index (χ2n) is 10.9. The minimum absolute atomic E-state index is 0.0720. The van der Waals surface area contributed by atoms with E-state index in [-0.39, 0.29) is 18.4 Å². The second-order valence-corrected chi connectivity index (χ2v) is 10.9. The van der Waals surface area contributed by atoms with E-state index in [9.17, 15) is 10.1 Å². The fourth-order valence-electron chi connectivity index (χ4n) is 5.13. The lowest BCUT2D eigenvalue weighted by Crippen LogP contribution is -2.28. The van der Waals surface area contributed by atoms with Gasteiger partial charge in [-0.3, -0.25) is 10.1 Å². The summed E-state index contributed by atoms with van der Waals surface area (Å²) in [7, 11) is 10.5. The van der Waals surface area contributed by atoms with Gasteiger partial charge in [0.2, 0.25) is 5.95 Å². The molecule has 0 aliphatic rings. The van der Waals surface area contributed by atoms with Gasteiger partial charge in [-0.15, -0.1) is 0 Å². The van der Waals surface area contributed by atoms with Crippen molar-refractivity contribution >= 4 is 34.0 Å². The Morgan fingerprint density at radius 1 is 1.02 bits per heavy atom. The molecule has 1 N–H and O–H groups in total. The Morgan fingerprint density at radius 3 is 2.57 bits per heavy atom. The maximum atomic E-state index is 12.2. The van der Waals surface area contributed by atoms with Crippen LogP contribution in [0.5, 0.6) is 5.75 Å². The fourth-order valence-corrected chi connectivity index (χ4v) is 5.13. The number of furan rings is 1. The number of nitro groups is 1. The van der Waals surface area contributed by atoms with Crippen LogP contribution in [0.25, 0.3) is 33.6 Å². The smallest absolute Gasteiger partial charge is 0.294 e. The van der Waals surface area contributed by atoms with Crippen molar-refractivity contribution in [2.75, 3.05) is 72.4 Å². The molecule has 0 bridgehead atoms. The quantitative estimate of drug-likeness (QED) is 0.120. The monoisotopic (exact) mass is 630 g/mol. The molecule has 0 amide bonds. The van der Waals surface area contributed by atoms with Gasteiger partial charge in [0.15, 0.2) is 0 Å². The van der Waals surface area contributed by atoms with Crippen LogP contribution in [0, 0.1) is 10.1 Å². The van der Waals surface area contributed by atoms with Gasteiger partial charge in [0, 0.05) is 70.1 Å². The molecule has 14 nitrogen and oxygen atoms in total. The van der Waals surface area contributed by atoms with E-state index in [0.717, 1.165) is 28.9 Å². The van der Waals surface area contributed by atoms with Gasteiger partial charge < -0.3 is 38.3 Å². The molecule has 0 aliphatic carbocycles. The topological polar surface area (TPSA) is 146 Å². The van der Waals surface area contributed by atoms with E-state index in [0.29, 0.717) is 53.8 Å². The molecule has 0 saturated carbocycles. The first-order valence-electron chi connectivity index (χ1n) is 14.6. The number of rotatable bonds is 15. The summed E-state index contributed by atoms with van der Waals surface area (Å²) >= 11 is 0.